The van der Waals surface area contributed by atoms with Crippen molar-refractivity contribution in [3.8, 4) is 17.0 Å². The molecule has 2 rings (SSSR count). The van der Waals surface area contributed by atoms with Gasteiger partial charge in [0.15, 0.2) is 0 Å². The van der Waals surface area contributed by atoms with Crippen LogP contribution in [0.25, 0.3) is 11.3 Å². The quantitative estimate of drug-likeness (QED) is 0.746. The van der Waals surface area contributed by atoms with Crippen molar-refractivity contribution in [1.29, 1.82) is 0 Å². The van der Waals surface area contributed by atoms with Gasteiger partial charge in [-0.2, -0.15) is 5.10 Å². The number of carbonyl (C=O) groups is 2. The third kappa shape index (κ3) is 3.43. The zero-order valence-electron chi connectivity index (χ0n) is 12.6. The van der Waals surface area contributed by atoms with Gasteiger partial charge < -0.3 is 4.74 Å². The number of hydrazine groups is 1. The highest BCUT2D eigenvalue weighted by molar-refractivity contribution is 6.00. The number of hydrogen-bond donors (Lipinski definition) is 3. The Morgan fingerprint density at radius 2 is 1.86 bits per heavy atom. The van der Waals surface area contributed by atoms with Crippen LogP contribution < -0.4 is 15.6 Å². The Morgan fingerprint density at radius 3 is 2.45 bits per heavy atom. The molecule has 1 heterocycles. The highest BCUT2D eigenvalue weighted by Crippen LogP contribution is 2.23. The van der Waals surface area contributed by atoms with Gasteiger partial charge in [0.25, 0.3) is 5.91 Å². The largest absolute Gasteiger partial charge is 0.497 e. The number of hydrogen-bond acceptors (Lipinski definition) is 4. The topological polar surface area (TPSA) is 96.1 Å². The summed E-state index contributed by atoms with van der Waals surface area (Å²) in [6, 6.07) is 7.21. The first-order valence-electron chi connectivity index (χ1n) is 6.81. The third-order valence-electron chi connectivity index (χ3n) is 3.09. The summed E-state index contributed by atoms with van der Waals surface area (Å²) in [7, 11) is 1.58. The summed E-state index contributed by atoms with van der Waals surface area (Å²) >= 11 is 0. The maximum absolute atomic E-state index is 12.1. The Bertz CT molecular complexity index is 662. The maximum Gasteiger partial charge on any atom is 0.273 e. The van der Waals surface area contributed by atoms with E-state index in [1.165, 1.54) is 6.20 Å². The van der Waals surface area contributed by atoms with Crippen LogP contribution in [0.15, 0.2) is 30.5 Å². The second-order valence-corrected chi connectivity index (χ2v) is 4.99. The van der Waals surface area contributed by atoms with Crippen LogP contribution in [0.3, 0.4) is 0 Å². The van der Waals surface area contributed by atoms with Gasteiger partial charge in [-0.15, -0.1) is 0 Å². The standard InChI is InChI=1S/C15H18N4O3/c1-9(2)14(20)18-19-15(21)12-8-16-17-13(12)10-4-6-11(22-3)7-5-10/h4-9H,1-3H3,(H,16,17)(H,18,20)(H,19,21). The number of carbonyl (C=O) groups excluding carboxylic acids is 2. The lowest BCUT2D eigenvalue weighted by Gasteiger charge is -2.09. The first kappa shape index (κ1) is 15.6. The minimum atomic E-state index is -0.437. The fourth-order valence-electron chi connectivity index (χ4n) is 1.77. The number of H-pyrrole nitrogens is 1. The van der Waals surface area contributed by atoms with Gasteiger partial charge in [-0.25, -0.2) is 0 Å². The zero-order chi connectivity index (χ0) is 16.1. The highest BCUT2D eigenvalue weighted by atomic mass is 16.5. The van der Waals surface area contributed by atoms with Crippen LogP contribution in [0.4, 0.5) is 0 Å². The Morgan fingerprint density at radius 1 is 1.18 bits per heavy atom. The minimum absolute atomic E-state index is 0.217. The molecule has 1 aromatic carbocycles. The molecular weight excluding hydrogens is 284 g/mol. The molecule has 1 aromatic heterocycles. The van der Waals surface area contributed by atoms with Crippen LogP contribution in [0, 0.1) is 5.92 Å². The third-order valence-corrected chi connectivity index (χ3v) is 3.09. The van der Waals surface area contributed by atoms with E-state index in [1.54, 1.807) is 33.1 Å². The van der Waals surface area contributed by atoms with Crippen molar-refractivity contribution < 1.29 is 14.3 Å². The average molecular weight is 302 g/mol. The number of methoxy groups -OCH3 is 1. The molecule has 3 N–H and O–H groups in total. The number of ether oxygens (including phenoxy) is 1. The van der Waals surface area contributed by atoms with Gasteiger partial charge in [-0.05, 0) is 24.3 Å². The van der Waals surface area contributed by atoms with E-state index in [0.29, 0.717) is 11.3 Å². The van der Waals surface area contributed by atoms with Crippen LogP contribution in [0.1, 0.15) is 24.2 Å². The summed E-state index contributed by atoms with van der Waals surface area (Å²) in [5.74, 6) is -0.194. The number of aromatic nitrogens is 2. The molecule has 0 aliphatic carbocycles. The molecular formula is C15H18N4O3. The second-order valence-electron chi connectivity index (χ2n) is 4.99. The van der Waals surface area contributed by atoms with E-state index in [4.69, 9.17) is 4.74 Å². The number of nitrogens with zero attached hydrogens (tertiary/aromatic N) is 1. The molecule has 0 unspecified atom stereocenters. The molecule has 7 nitrogen and oxygen atoms in total. The number of nitrogens with one attached hydrogen (secondary N) is 3. The molecule has 0 spiro atoms. The van der Waals surface area contributed by atoms with E-state index in [0.717, 1.165) is 11.3 Å². The summed E-state index contributed by atoms with van der Waals surface area (Å²) < 4.78 is 5.10. The lowest BCUT2D eigenvalue weighted by atomic mass is 10.1. The molecule has 116 valence electrons. The van der Waals surface area contributed by atoms with Gasteiger partial charge in [-0.3, -0.25) is 25.5 Å². The smallest absolute Gasteiger partial charge is 0.273 e. The van der Waals surface area contributed by atoms with Crippen LogP contribution in [0.5, 0.6) is 5.75 Å². The SMILES string of the molecule is COc1ccc(-c2[nH]ncc2C(=O)NNC(=O)C(C)C)cc1. The molecule has 0 radical (unpaired) electrons. The average Bonchev–Trinajstić information content (AvgIpc) is 3.01. The van der Waals surface area contributed by atoms with Crippen molar-refractivity contribution >= 4 is 11.8 Å². The van der Waals surface area contributed by atoms with Crippen LogP contribution in [-0.4, -0.2) is 29.1 Å². The lowest BCUT2D eigenvalue weighted by molar-refractivity contribution is -0.124. The highest BCUT2D eigenvalue weighted by Gasteiger charge is 2.16. The lowest BCUT2D eigenvalue weighted by Crippen LogP contribution is -2.43. The number of aromatic amines is 1. The molecule has 0 aliphatic rings. The van der Waals surface area contributed by atoms with E-state index < -0.39 is 5.91 Å². The predicted molar refractivity (Wildman–Crippen MR) is 81.0 cm³/mol. The molecule has 0 aliphatic heterocycles. The Labute approximate surface area is 128 Å². The summed E-state index contributed by atoms with van der Waals surface area (Å²) in [4.78, 5) is 23.6. The molecule has 0 atom stereocenters. The molecule has 0 saturated heterocycles. The Balaban J connectivity index is 2.14. The van der Waals surface area contributed by atoms with Gasteiger partial charge in [0.2, 0.25) is 5.91 Å². The first-order chi connectivity index (χ1) is 10.5. The molecule has 2 aromatic rings. The maximum atomic E-state index is 12.1. The first-order valence-corrected chi connectivity index (χ1v) is 6.81. The monoisotopic (exact) mass is 302 g/mol. The van der Waals surface area contributed by atoms with Crippen LogP contribution in [-0.2, 0) is 4.79 Å². The van der Waals surface area contributed by atoms with Crippen molar-refractivity contribution in [3.63, 3.8) is 0 Å². The Kier molecular flexibility index (Phi) is 4.77. The fourth-order valence-corrected chi connectivity index (χ4v) is 1.77. The van der Waals surface area contributed by atoms with Crippen LogP contribution in [0.2, 0.25) is 0 Å². The molecule has 22 heavy (non-hydrogen) atoms. The van der Waals surface area contributed by atoms with E-state index in [-0.39, 0.29) is 11.8 Å². The fraction of sp³-hybridized carbons (Fsp3) is 0.267. The van der Waals surface area contributed by atoms with E-state index in [2.05, 4.69) is 21.0 Å². The van der Waals surface area contributed by atoms with Gasteiger partial charge in [-0.1, -0.05) is 13.8 Å². The summed E-state index contributed by atoms with van der Waals surface area (Å²) in [5, 5.41) is 6.68. The molecule has 2 amide bonds. The summed E-state index contributed by atoms with van der Waals surface area (Å²) in [6.45, 7) is 3.48. The van der Waals surface area contributed by atoms with Crippen LogP contribution >= 0.6 is 0 Å². The normalized spacial score (nSPS) is 10.4. The van der Waals surface area contributed by atoms with Gasteiger partial charge in [0, 0.05) is 11.5 Å². The zero-order valence-corrected chi connectivity index (χ0v) is 12.6. The van der Waals surface area contributed by atoms with Gasteiger partial charge in [0.05, 0.1) is 24.6 Å². The summed E-state index contributed by atoms with van der Waals surface area (Å²) in [5.41, 5.74) is 6.44. The number of amides is 2. The molecule has 7 heteroatoms. The van der Waals surface area contributed by atoms with Crippen molar-refractivity contribution in [2.24, 2.45) is 5.92 Å². The van der Waals surface area contributed by atoms with Gasteiger partial charge in [0.1, 0.15) is 5.75 Å². The number of rotatable bonds is 4. The second kappa shape index (κ2) is 6.75. The van der Waals surface area contributed by atoms with E-state index in [9.17, 15) is 9.59 Å². The summed E-state index contributed by atoms with van der Waals surface area (Å²) in [6.07, 6.45) is 1.41. The molecule has 0 bridgehead atoms. The van der Waals surface area contributed by atoms with E-state index >= 15 is 0 Å². The van der Waals surface area contributed by atoms with Crippen molar-refractivity contribution in [2.45, 2.75) is 13.8 Å². The molecule has 0 saturated carbocycles. The minimum Gasteiger partial charge on any atom is -0.497 e. The number of benzene rings is 1. The van der Waals surface area contributed by atoms with Crippen molar-refractivity contribution in [2.75, 3.05) is 7.11 Å². The molecule has 0 fully saturated rings. The van der Waals surface area contributed by atoms with Gasteiger partial charge >= 0.3 is 0 Å². The van der Waals surface area contributed by atoms with E-state index in [1.807, 2.05) is 12.1 Å². The predicted octanol–water partition coefficient (Wildman–Crippen LogP) is 1.50. The Hall–Kier alpha value is -2.83. The van der Waals surface area contributed by atoms with Crippen molar-refractivity contribution in [3.05, 3.63) is 36.0 Å². The van der Waals surface area contributed by atoms with Crippen molar-refractivity contribution in [1.82, 2.24) is 21.0 Å².